The first-order valence-electron chi connectivity index (χ1n) is 6.99. The molecular formula is C17H17N4O+. The van der Waals surface area contributed by atoms with Crippen LogP contribution in [0.2, 0.25) is 0 Å². The van der Waals surface area contributed by atoms with Crippen molar-refractivity contribution in [3.05, 3.63) is 78.4 Å². The van der Waals surface area contributed by atoms with Gasteiger partial charge in [-0.05, 0) is 35.4 Å². The van der Waals surface area contributed by atoms with Gasteiger partial charge in [0.05, 0.1) is 13.3 Å². The monoisotopic (exact) mass is 293 g/mol. The molecule has 0 N–H and O–H groups in total. The summed E-state index contributed by atoms with van der Waals surface area (Å²) < 4.78 is 8.66. The van der Waals surface area contributed by atoms with Crippen molar-refractivity contribution in [3.63, 3.8) is 0 Å². The fraction of sp³-hybridized carbons (Fsp3) is 0.118. The van der Waals surface area contributed by atoms with Crippen LogP contribution in [0.15, 0.2) is 72.4 Å². The molecule has 0 aliphatic rings. The molecule has 0 unspecified atom stereocenters. The van der Waals surface area contributed by atoms with Crippen molar-refractivity contribution < 1.29 is 9.41 Å². The zero-order chi connectivity index (χ0) is 15.2. The average molecular weight is 293 g/mol. The molecule has 0 bridgehead atoms. The first-order valence-corrected chi connectivity index (χ1v) is 6.99. The van der Waals surface area contributed by atoms with Crippen molar-refractivity contribution in [2.75, 3.05) is 7.11 Å². The van der Waals surface area contributed by atoms with E-state index in [1.807, 2.05) is 53.5 Å². The second kappa shape index (κ2) is 6.67. The zero-order valence-corrected chi connectivity index (χ0v) is 12.3. The Bertz CT molecular complexity index is 748. The lowest BCUT2D eigenvalue weighted by molar-refractivity contribution is -0.679. The number of nitrogens with zero attached hydrogens (tertiary/aromatic N) is 4. The standard InChI is InChI=1S/C17H17N4O/c1-22-17-9-7-15(8-10-17)11-18-21-13-19-20(14-21)12-16-5-3-2-4-6-16/h2-11,13-14H,12H2,1H3/q+1. The van der Waals surface area contributed by atoms with Gasteiger partial charge >= 0.3 is 0 Å². The number of hydrogen-bond acceptors (Lipinski definition) is 3. The maximum absolute atomic E-state index is 5.13. The van der Waals surface area contributed by atoms with E-state index in [4.69, 9.17) is 4.74 Å². The molecule has 0 atom stereocenters. The van der Waals surface area contributed by atoms with Crippen LogP contribution in [0.4, 0.5) is 0 Å². The Balaban J connectivity index is 1.67. The number of methoxy groups -OCH3 is 1. The SMILES string of the molecule is COc1ccc(C=N[n+]2cnn(Cc3ccccc3)c2)cc1. The second-order valence-electron chi connectivity index (χ2n) is 4.83. The topological polar surface area (TPSA) is 43.3 Å². The maximum Gasteiger partial charge on any atom is 0.289 e. The summed E-state index contributed by atoms with van der Waals surface area (Å²) in [6.45, 7) is 0.728. The Morgan fingerprint density at radius 2 is 1.91 bits per heavy atom. The van der Waals surface area contributed by atoms with Gasteiger partial charge < -0.3 is 4.74 Å². The Kier molecular flexibility index (Phi) is 4.25. The lowest BCUT2D eigenvalue weighted by Crippen LogP contribution is -2.24. The highest BCUT2D eigenvalue weighted by atomic mass is 16.5. The van der Waals surface area contributed by atoms with Crippen LogP contribution in [-0.4, -0.2) is 23.1 Å². The van der Waals surface area contributed by atoms with Gasteiger partial charge in [0.2, 0.25) is 6.33 Å². The number of ether oxygens (including phenoxy) is 1. The van der Waals surface area contributed by atoms with E-state index in [-0.39, 0.29) is 0 Å². The molecule has 1 aromatic heterocycles. The van der Waals surface area contributed by atoms with E-state index in [0.717, 1.165) is 17.9 Å². The lowest BCUT2D eigenvalue weighted by Gasteiger charge is -1.97. The zero-order valence-electron chi connectivity index (χ0n) is 12.3. The van der Waals surface area contributed by atoms with Crippen LogP contribution < -0.4 is 9.41 Å². The molecule has 3 rings (SSSR count). The predicted octanol–water partition coefficient (Wildman–Crippen LogP) is 2.11. The normalized spacial score (nSPS) is 11.0. The Hall–Kier alpha value is -2.95. The van der Waals surface area contributed by atoms with Crippen molar-refractivity contribution >= 4 is 6.21 Å². The number of aromatic nitrogens is 3. The predicted molar refractivity (Wildman–Crippen MR) is 84.0 cm³/mol. The molecule has 5 nitrogen and oxygen atoms in total. The molecule has 0 fully saturated rings. The van der Waals surface area contributed by atoms with Crippen LogP contribution >= 0.6 is 0 Å². The molecule has 0 saturated carbocycles. The highest BCUT2D eigenvalue weighted by Gasteiger charge is 2.05. The summed E-state index contributed by atoms with van der Waals surface area (Å²) in [6.07, 6.45) is 5.32. The molecule has 0 radical (unpaired) electrons. The number of rotatable bonds is 5. The van der Waals surface area contributed by atoms with Crippen molar-refractivity contribution in [2.24, 2.45) is 5.10 Å². The van der Waals surface area contributed by atoms with Gasteiger partial charge in [-0.1, -0.05) is 30.3 Å². The van der Waals surface area contributed by atoms with E-state index in [0.29, 0.717) is 0 Å². The molecule has 0 amide bonds. The van der Waals surface area contributed by atoms with Crippen LogP contribution in [0.1, 0.15) is 11.1 Å². The molecule has 0 aliphatic heterocycles. The first-order chi connectivity index (χ1) is 10.8. The van der Waals surface area contributed by atoms with Gasteiger partial charge in [-0.3, -0.25) is 0 Å². The fourth-order valence-corrected chi connectivity index (χ4v) is 2.05. The maximum atomic E-state index is 5.13. The Morgan fingerprint density at radius 3 is 2.64 bits per heavy atom. The smallest absolute Gasteiger partial charge is 0.289 e. The van der Waals surface area contributed by atoms with Crippen molar-refractivity contribution in [1.29, 1.82) is 0 Å². The molecular weight excluding hydrogens is 276 g/mol. The van der Waals surface area contributed by atoms with Gasteiger partial charge in [0.1, 0.15) is 12.3 Å². The summed E-state index contributed by atoms with van der Waals surface area (Å²) in [6, 6.07) is 17.9. The van der Waals surface area contributed by atoms with Gasteiger partial charge in [-0.25, -0.2) is 0 Å². The third kappa shape index (κ3) is 3.58. The highest BCUT2D eigenvalue weighted by Crippen LogP contribution is 2.09. The van der Waals surface area contributed by atoms with E-state index in [9.17, 15) is 0 Å². The van der Waals surface area contributed by atoms with Gasteiger partial charge in [0.25, 0.3) is 6.33 Å². The lowest BCUT2D eigenvalue weighted by atomic mass is 10.2. The van der Waals surface area contributed by atoms with E-state index < -0.39 is 0 Å². The number of benzene rings is 2. The minimum absolute atomic E-state index is 0.728. The highest BCUT2D eigenvalue weighted by molar-refractivity contribution is 5.79. The minimum atomic E-state index is 0.728. The summed E-state index contributed by atoms with van der Waals surface area (Å²) in [5.74, 6) is 0.834. The summed E-state index contributed by atoms with van der Waals surface area (Å²) in [7, 11) is 1.65. The Morgan fingerprint density at radius 1 is 1.14 bits per heavy atom. The molecule has 5 heteroatoms. The van der Waals surface area contributed by atoms with Crippen molar-refractivity contribution in [2.45, 2.75) is 6.54 Å². The largest absolute Gasteiger partial charge is 0.497 e. The van der Waals surface area contributed by atoms with Crippen LogP contribution in [0.25, 0.3) is 0 Å². The molecule has 0 saturated heterocycles. The van der Waals surface area contributed by atoms with E-state index in [1.165, 1.54) is 5.56 Å². The minimum Gasteiger partial charge on any atom is -0.497 e. The van der Waals surface area contributed by atoms with E-state index in [1.54, 1.807) is 24.3 Å². The van der Waals surface area contributed by atoms with Crippen LogP contribution in [-0.2, 0) is 6.54 Å². The van der Waals surface area contributed by atoms with Gasteiger partial charge in [0.15, 0.2) is 0 Å². The Labute approximate surface area is 129 Å². The third-order valence-corrected chi connectivity index (χ3v) is 3.21. The summed E-state index contributed by atoms with van der Waals surface area (Å²) in [4.78, 5) is 0. The fourth-order valence-electron chi connectivity index (χ4n) is 2.05. The van der Waals surface area contributed by atoms with E-state index in [2.05, 4.69) is 22.3 Å². The molecule has 3 aromatic rings. The van der Waals surface area contributed by atoms with Gasteiger partial charge in [0, 0.05) is 5.10 Å². The first kappa shape index (κ1) is 14.0. The quantitative estimate of drug-likeness (QED) is 0.534. The number of hydrogen-bond donors (Lipinski definition) is 0. The van der Waals surface area contributed by atoms with E-state index >= 15 is 0 Å². The van der Waals surface area contributed by atoms with Crippen molar-refractivity contribution in [3.8, 4) is 5.75 Å². The molecule has 110 valence electrons. The van der Waals surface area contributed by atoms with Crippen LogP contribution in [0, 0.1) is 0 Å². The van der Waals surface area contributed by atoms with Crippen LogP contribution in [0.3, 0.4) is 0 Å². The summed E-state index contributed by atoms with van der Waals surface area (Å²) in [5, 5.41) is 8.66. The van der Waals surface area contributed by atoms with Gasteiger partial charge in [-0.2, -0.15) is 0 Å². The molecule has 1 heterocycles. The van der Waals surface area contributed by atoms with Gasteiger partial charge in [-0.15, -0.1) is 14.5 Å². The molecule has 22 heavy (non-hydrogen) atoms. The van der Waals surface area contributed by atoms with Crippen LogP contribution in [0.5, 0.6) is 5.75 Å². The summed E-state index contributed by atoms with van der Waals surface area (Å²) >= 11 is 0. The molecule has 0 spiro atoms. The van der Waals surface area contributed by atoms with Crippen molar-refractivity contribution in [1.82, 2.24) is 9.78 Å². The second-order valence-corrected chi connectivity index (χ2v) is 4.83. The summed E-state index contributed by atoms with van der Waals surface area (Å²) in [5.41, 5.74) is 2.21. The average Bonchev–Trinajstić information content (AvgIpc) is 3.02. The molecule has 2 aromatic carbocycles. The molecule has 0 aliphatic carbocycles. The third-order valence-electron chi connectivity index (χ3n) is 3.21.